The highest BCUT2D eigenvalue weighted by molar-refractivity contribution is 7.26. The van der Waals surface area contributed by atoms with Gasteiger partial charge in [-0.05, 0) is 90.7 Å². The summed E-state index contributed by atoms with van der Waals surface area (Å²) in [4.78, 5) is 10.7. The van der Waals surface area contributed by atoms with Gasteiger partial charge in [-0.15, -0.1) is 11.3 Å². The lowest BCUT2D eigenvalue weighted by Gasteiger charge is -2.14. The maximum atomic E-state index is 5.46. The molecular weight excluding hydrogens is 757 g/mol. The van der Waals surface area contributed by atoms with Gasteiger partial charge in [-0.1, -0.05) is 188 Å². The standard InChI is InChI=1S/C58H36N2S/c1-3-11-37(12-4-1)39-21-25-41(26-22-39)43-29-31-49-52(34-43)53-35-44(42-27-23-40(24-28-42)38-13-5-2-6-14-38)30-32-50(53)57-56(49)59-36-54(60-57)46-16-9-15-45(33-46)47-18-10-19-51-48-17-7-8-20-55(48)61-58(47)51/h1-36H. The van der Waals surface area contributed by atoms with Gasteiger partial charge in [0, 0.05) is 36.5 Å². The van der Waals surface area contributed by atoms with E-state index in [1.165, 1.54) is 70.2 Å². The van der Waals surface area contributed by atoms with Crippen molar-refractivity contribution in [3.8, 4) is 66.9 Å². The fourth-order valence-electron chi connectivity index (χ4n) is 9.01. The minimum absolute atomic E-state index is 0.856. The molecule has 0 aliphatic carbocycles. The molecule has 0 spiro atoms. The maximum Gasteiger partial charge on any atom is 0.0979 e. The number of rotatable bonds is 6. The first-order valence-electron chi connectivity index (χ1n) is 20.7. The summed E-state index contributed by atoms with van der Waals surface area (Å²) < 4.78 is 2.61. The van der Waals surface area contributed by atoms with Crippen molar-refractivity contribution in [1.82, 2.24) is 9.97 Å². The van der Waals surface area contributed by atoms with Crippen LogP contribution in [0.2, 0.25) is 0 Å². The maximum absolute atomic E-state index is 5.46. The van der Waals surface area contributed by atoms with E-state index in [2.05, 4.69) is 212 Å². The Bertz CT molecular complexity index is 3610. The molecule has 2 heterocycles. The molecule has 12 aromatic rings. The van der Waals surface area contributed by atoms with Gasteiger partial charge in [-0.25, -0.2) is 4.98 Å². The zero-order chi connectivity index (χ0) is 40.3. The largest absolute Gasteiger partial charge is 0.252 e. The van der Waals surface area contributed by atoms with Crippen LogP contribution in [0.5, 0.6) is 0 Å². The van der Waals surface area contributed by atoms with Crippen LogP contribution in [0, 0.1) is 0 Å². The van der Waals surface area contributed by atoms with Crippen LogP contribution < -0.4 is 0 Å². The van der Waals surface area contributed by atoms with E-state index in [0.717, 1.165) is 49.4 Å². The van der Waals surface area contributed by atoms with Crippen LogP contribution in [-0.2, 0) is 0 Å². The predicted molar refractivity (Wildman–Crippen MR) is 260 cm³/mol. The number of hydrogen-bond acceptors (Lipinski definition) is 3. The Morgan fingerprint density at radius 2 is 0.770 bits per heavy atom. The monoisotopic (exact) mass is 792 g/mol. The summed E-state index contributed by atoms with van der Waals surface area (Å²) in [5.41, 5.74) is 15.6. The molecule has 0 N–H and O–H groups in total. The molecule has 0 aliphatic rings. The van der Waals surface area contributed by atoms with Crippen LogP contribution in [0.1, 0.15) is 0 Å². The van der Waals surface area contributed by atoms with Crippen molar-refractivity contribution in [2.24, 2.45) is 0 Å². The lowest BCUT2D eigenvalue weighted by atomic mass is 9.92. The van der Waals surface area contributed by atoms with Crippen LogP contribution in [0.25, 0.3) is 120 Å². The second-order valence-electron chi connectivity index (χ2n) is 15.7. The summed E-state index contributed by atoms with van der Waals surface area (Å²) in [6.07, 6.45) is 1.95. The van der Waals surface area contributed by atoms with Gasteiger partial charge in [0.15, 0.2) is 0 Å². The van der Waals surface area contributed by atoms with E-state index in [1.54, 1.807) is 0 Å². The molecule has 0 saturated carbocycles. The zero-order valence-electron chi connectivity index (χ0n) is 33.1. The first-order valence-corrected chi connectivity index (χ1v) is 21.5. The number of hydrogen-bond donors (Lipinski definition) is 0. The number of nitrogens with zero attached hydrogens (tertiary/aromatic N) is 2. The summed E-state index contributed by atoms with van der Waals surface area (Å²) in [5.74, 6) is 0. The highest BCUT2D eigenvalue weighted by atomic mass is 32.1. The SMILES string of the molecule is c1ccc(-c2ccc(-c3ccc4c(c3)c3cc(-c5ccc(-c6ccccc6)cc5)ccc3c3nc(-c5cccc(-c6cccc7c6sc6ccccc67)c5)cnc43)cc2)cc1. The first-order chi connectivity index (χ1) is 30.2. The van der Waals surface area contributed by atoms with Crippen molar-refractivity contribution in [2.75, 3.05) is 0 Å². The minimum Gasteiger partial charge on any atom is -0.252 e. The smallest absolute Gasteiger partial charge is 0.0979 e. The molecule has 12 rings (SSSR count). The first kappa shape index (κ1) is 35.2. The van der Waals surface area contributed by atoms with Crippen LogP contribution in [0.3, 0.4) is 0 Å². The second-order valence-corrected chi connectivity index (χ2v) is 16.8. The Balaban J connectivity index is 1.01. The minimum atomic E-state index is 0.856. The summed E-state index contributed by atoms with van der Waals surface area (Å²) in [7, 11) is 0. The molecule has 0 saturated heterocycles. The zero-order valence-corrected chi connectivity index (χ0v) is 33.9. The van der Waals surface area contributed by atoms with Crippen LogP contribution in [0.4, 0.5) is 0 Å². The summed E-state index contributed by atoms with van der Waals surface area (Å²) in [6.45, 7) is 0. The van der Waals surface area contributed by atoms with E-state index in [9.17, 15) is 0 Å². The Labute approximate surface area is 357 Å². The van der Waals surface area contributed by atoms with Gasteiger partial charge in [0.2, 0.25) is 0 Å². The Kier molecular flexibility index (Phi) is 8.39. The Morgan fingerprint density at radius 1 is 0.295 bits per heavy atom. The molecule has 0 bridgehead atoms. The summed E-state index contributed by atoms with van der Waals surface area (Å²) in [5, 5.41) is 7.10. The highest BCUT2D eigenvalue weighted by Gasteiger charge is 2.17. The van der Waals surface area contributed by atoms with E-state index >= 15 is 0 Å². The molecule has 0 amide bonds. The summed E-state index contributed by atoms with van der Waals surface area (Å²) in [6, 6.07) is 76.6. The van der Waals surface area contributed by atoms with E-state index in [-0.39, 0.29) is 0 Å². The van der Waals surface area contributed by atoms with Crippen molar-refractivity contribution in [2.45, 2.75) is 0 Å². The molecule has 3 heteroatoms. The predicted octanol–water partition coefficient (Wildman–Crippen LogP) is 16.3. The molecule has 0 atom stereocenters. The molecule has 0 radical (unpaired) electrons. The van der Waals surface area contributed by atoms with Crippen LogP contribution in [0.15, 0.2) is 219 Å². The van der Waals surface area contributed by atoms with Crippen molar-refractivity contribution < 1.29 is 0 Å². The van der Waals surface area contributed by atoms with E-state index in [0.29, 0.717) is 0 Å². The average Bonchev–Trinajstić information content (AvgIpc) is 3.73. The lowest BCUT2D eigenvalue weighted by molar-refractivity contribution is 1.31. The number of fused-ring (bicyclic) bond motifs is 9. The van der Waals surface area contributed by atoms with Gasteiger partial charge in [0.1, 0.15) is 0 Å². The Morgan fingerprint density at radius 3 is 1.41 bits per heavy atom. The van der Waals surface area contributed by atoms with Gasteiger partial charge in [0.05, 0.1) is 22.9 Å². The van der Waals surface area contributed by atoms with Gasteiger partial charge >= 0.3 is 0 Å². The van der Waals surface area contributed by atoms with Crippen molar-refractivity contribution >= 4 is 64.1 Å². The lowest BCUT2D eigenvalue weighted by Crippen LogP contribution is -1.93. The van der Waals surface area contributed by atoms with Gasteiger partial charge in [-0.3, -0.25) is 4.98 Å². The summed E-state index contributed by atoms with van der Waals surface area (Å²) >= 11 is 1.86. The quantitative estimate of drug-likeness (QED) is 0.157. The Hall–Kier alpha value is -7.72. The molecule has 2 aromatic heterocycles. The normalized spacial score (nSPS) is 11.6. The van der Waals surface area contributed by atoms with E-state index < -0.39 is 0 Å². The number of benzene rings is 10. The van der Waals surface area contributed by atoms with Crippen LogP contribution in [-0.4, -0.2) is 9.97 Å². The highest BCUT2D eigenvalue weighted by Crippen LogP contribution is 2.42. The topological polar surface area (TPSA) is 25.8 Å². The van der Waals surface area contributed by atoms with Crippen molar-refractivity contribution in [3.63, 3.8) is 0 Å². The molecule has 0 aliphatic heterocycles. The van der Waals surface area contributed by atoms with Gasteiger partial charge < -0.3 is 0 Å². The molecule has 2 nitrogen and oxygen atoms in total. The average molecular weight is 793 g/mol. The fourth-order valence-corrected chi connectivity index (χ4v) is 10.2. The molecule has 61 heavy (non-hydrogen) atoms. The van der Waals surface area contributed by atoms with Crippen molar-refractivity contribution in [3.05, 3.63) is 219 Å². The van der Waals surface area contributed by atoms with E-state index in [4.69, 9.17) is 9.97 Å². The second kappa shape index (κ2) is 14.5. The molecule has 0 unspecified atom stereocenters. The van der Waals surface area contributed by atoms with Gasteiger partial charge in [-0.2, -0.15) is 0 Å². The molecule has 10 aromatic carbocycles. The molecule has 284 valence electrons. The number of thiophene rings is 1. The molecule has 0 fully saturated rings. The van der Waals surface area contributed by atoms with Gasteiger partial charge in [0.25, 0.3) is 0 Å². The van der Waals surface area contributed by atoms with E-state index in [1.807, 2.05) is 17.5 Å². The third-order valence-electron chi connectivity index (χ3n) is 12.1. The third kappa shape index (κ3) is 6.18. The van der Waals surface area contributed by atoms with Crippen LogP contribution >= 0.6 is 11.3 Å². The third-order valence-corrected chi connectivity index (χ3v) is 13.4. The fraction of sp³-hybridized carbons (Fsp3) is 0. The molecular formula is C58H36N2S. The van der Waals surface area contributed by atoms with Crippen molar-refractivity contribution in [1.29, 1.82) is 0 Å². The number of aromatic nitrogens is 2.